The van der Waals surface area contributed by atoms with Crippen LogP contribution in [-0.2, 0) is 34.3 Å². The number of benzene rings is 2. The van der Waals surface area contributed by atoms with Crippen molar-refractivity contribution in [2.45, 2.75) is 103 Å². The first-order chi connectivity index (χ1) is 25.5. The number of aromatic nitrogens is 3. The predicted octanol–water partition coefficient (Wildman–Crippen LogP) is 6.94. The van der Waals surface area contributed by atoms with Crippen LogP contribution in [0.1, 0.15) is 106 Å². The van der Waals surface area contributed by atoms with Gasteiger partial charge in [0.1, 0.15) is 28.1 Å². The van der Waals surface area contributed by atoms with Crippen molar-refractivity contribution in [2.75, 3.05) is 31.7 Å². The van der Waals surface area contributed by atoms with Crippen molar-refractivity contribution in [1.82, 2.24) is 24.8 Å². The van der Waals surface area contributed by atoms with Crippen LogP contribution in [0.5, 0.6) is 5.88 Å². The zero-order chi connectivity index (χ0) is 39.1. The molecule has 5 rings (SSSR count). The smallest absolute Gasteiger partial charge is 0.251 e. The van der Waals surface area contributed by atoms with Gasteiger partial charge in [-0.15, -0.1) is 0 Å². The van der Waals surface area contributed by atoms with Crippen LogP contribution in [0.25, 0.3) is 11.0 Å². The molecule has 0 spiro atoms. The number of sulfone groups is 1. The van der Waals surface area contributed by atoms with Crippen LogP contribution in [-0.4, -0.2) is 76.6 Å². The second kappa shape index (κ2) is 17.4. The molecule has 2 aromatic carbocycles. The Morgan fingerprint density at radius 1 is 1.06 bits per heavy atom. The first-order valence-corrected chi connectivity index (χ1v) is 20.7. The van der Waals surface area contributed by atoms with E-state index in [1.54, 1.807) is 24.3 Å². The molecule has 1 fully saturated rings. The number of carbonyl (C=O) groups excluding carboxylic acids is 1. The van der Waals surface area contributed by atoms with E-state index >= 15 is 0 Å². The minimum absolute atomic E-state index is 0.00413. The van der Waals surface area contributed by atoms with Gasteiger partial charge in [-0.25, -0.2) is 22.8 Å². The molecule has 3 heterocycles. The molecule has 1 aliphatic heterocycles. The molecular weight excluding hydrogens is 708 g/mol. The highest BCUT2D eigenvalue weighted by Gasteiger charge is 2.26. The Morgan fingerprint density at radius 2 is 1.81 bits per heavy atom. The van der Waals surface area contributed by atoms with E-state index in [0.29, 0.717) is 42.1 Å². The maximum atomic E-state index is 14.4. The fourth-order valence-electron chi connectivity index (χ4n) is 6.85. The molecule has 11 nitrogen and oxygen atoms in total. The summed E-state index contributed by atoms with van der Waals surface area (Å²) in [6.07, 6.45) is 5.58. The summed E-state index contributed by atoms with van der Waals surface area (Å²) in [5.74, 6) is 0.624. The number of nitriles is 1. The predicted molar refractivity (Wildman–Crippen MR) is 207 cm³/mol. The van der Waals surface area contributed by atoms with Gasteiger partial charge in [-0.05, 0) is 103 Å². The zero-order valence-electron chi connectivity index (χ0n) is 32.3. The lowest BCUT2D eigenvalue weighted by Crippen LogP contribution is -2.44. The Morgan fingerprint density at radius 3 is 2.50 bits per heavy atom. The topological polar surface area (TPSA) is 139 Å². The number of ether oxygens (including phenoxy) is 2. The number of nitrogens with zero attached hydrogens (tertiary/aromatic N) is 5. The lowest BCUT2D eigenvalue weighted by Gasteiger charge is -2.31. The molecule has 1 amide bonds. The number of piperidine rings is 1. The van der Waals surface area contributed by atoms with E-state index in [1.807, 2.05) is 48.7 Å². The van der Waals surface area contributed by atoms with Gasteiger partial charge in [0.2, 0.25) is 5.88 Å². The molecule has 4 aromatic rings. The van der Waals surface area contributed by atoms with E-state index in [2.05, 4.69) is 31.0 Å². The molecule has 0 aliphatic carbocycles. The quantitative estimate of drug-likeness (QED) is 0.121. The zero-order valence-corrected chi connectivity index (χ0v) is 33.1. The first-order valence-electron chi connectivity index (χ1n) is 18.7. The fraction of sp³-hybridized carbons (Fsp3) is 0.512. The lowest BCUT2D eigenvalue weighted by molar-refractivity contribution is -0.0307. The average molecular weight is 761 g/mol. The number of aryl methyl sites for hydroxylation is 1. The second-order valence-corrected chi connectivity index (χ2v) is 17.9. The van der Waals surface area contributed by atoms with Gasteiger partial charge in [0, 0.05) is 53.8 Å². The van der Waals surface area contributed by atoms with Crippen molar-refractivity contribution in [3.05, 3.63) is 88.6 Å². The van der Waals surface area contributed by atoms with E-state index in [-0.39, 0.29) is 41.9 Å². The molecule has 1 aliphatic rings. The van der Waals surface area contributed by atoms with Crippen LogP contribution in [0.4, 0.5) is 4.39 Å². The molecule has 1 N–H and O–H groups in total. The summed E-state index contributed by atoms with van der Waals surface area (Å²) in [6, 6.07) is 17.3. The van der Waals surface area contributed by atoms with E-state index in [9.17, 15) is 17.6 Å². The van der Waals surface area contributed by atoms with E-state index in [1.165, 1.54) is 12.3 Å². The van der Waals surface area contributed by atoms with Gasteiger partial charge < -0.3 is 19.4 Å². The van der Waals surface area contributed by atoms with Crippen LogP contribution >= 0.6 is 0 Å². The van der Waals surface area contributed by atoms with Crippen LogP contribution in [0.2, 0.25) is 0 Å². The lowest BCUT2D eigenvalue weighted by atomic mass is 9.93. The van der Waals surface area contributed by atoms with Crippen LogP contribution in [0.3, 0.4) is 0 Å². The van der Waals surface area contributed by atoms with Crippen molar-refractivity contribution in [3.8, 4) is 11.9 Å². The fourth-order valence-corrected chi connectivity index (χ4v) is 7.37. The van der Waals surface area contributed by atoms with E-state index in [0.717, 1.165) is 55.8 Å². The Labute approximate surface area is 318 Å². The van der Waals surface area contributed by atoms with Crippen LogP contribution < -0.4 is 10.1 Å². The number of halogens is 1. The Bertz CT molecular complexity index is 2080. The number of imidazole rings is 1. The first kappa shape index (κ1) is 40.8. The van der Waals surface area contributed by atoms with Crippen molar-refractivity contribution >= 4 is 26.8 Å². The third-order valence-corrected chi connectivity index (χ3v) is 10.9. The summed E-state index contributed by atoms with van der Waals surface area (Å²) < 4.78 is 52.8. The van der Waals surface area contributed by atoms with Gasteiger partial charge in [0.15, 0.2) is 0 Å². The Kier molecular flexibility index (Phi) is 13.1. The third-order valence-electron chi connectivity index (χ3n) is 9.97. The summed E-state index contributed by atoms with van der Waals surface area (Å²) in [5.41, 5.74) is 2.72. The minimum Gasteiger partial charge on any atom is -0.473 e. The number of hydrogen-bond acceptors (Lipinski definition) is 9. The van der Waals surface area contributed by atoms with Gasteiger partial charge in [-0.2, -0.15) is 5.26 Å². The van der Waals surface area contributed by atoms with Crippen LogP contribution in [0, 0.1) is 17.1 Å². The van der Waals surface area contributed by atoms with Gasteiger partial charge >= 0.3 is 0 Å². The highest BCUT2D eigenvalue weighted by molar-refractivity contribution is 7.90. The number of likely N-dealkylation sites (tertiary alicyclic amines) is 1. The van der Waals surface area contributed by atoms with Crippen LogP contribution in [0.15, 0.2) is 54.6 Å². The third kappa shape index (κ3) is 11.3. The van der Waals surface area contributed by atoms with Gasteiger partial charge in [-0.3, -0.25) is 9.69 Å². The number of rotatable bonds is 17. The highest BCUT2D eigenvalue weighted by atomic mass is 32.2. The normalized spacial score (nSPS) is 14.6. The summed E-state index contributed by atoms with van der Waals surface area (Å²) in [6.45, 7) is 13.1. The molecule has 54 heavy (non-hydrogen) atoms. The molecule has 1 saturated heterocycles. The largest absolute Gasteiger partial charge is 0.473 e. The maximum Gasteiger partial charge on any atom is 0.251 e. The van der Waals surface area contributed by atoms with Crippen molar-refractivity contribution < 1.29 is 27.1 Å². The SMILES string of the molecule is CCCC(C)(C)OCCC(C)(C)NC(=O)c1ccc2nc(CN3CCC(c4cccc(OCc5ccc(C#N)cc5F)n4)CC3)n(CCS(C)(=O)=O)c2c1. The summed E-state index contributed by atoms with van der Waals surface area (Å²) in [5, 5.41) is 12.1. The molecule has 0 saturated carbocycles. The second-order valence-electron chi connectivity index (χ2n) is 15.6. The molecule has 0 radical (unpaired) electrons. The number of pyridine rings is 1. The summed E-state index contributed by atoms with van der Waals surface area (Å²) >= 11 is 0. The van der Waals surface area contributed by atoms with Gasteiger partial charge in [0.25, 0.3) is 5.91 Å². The number of nitrogens with one attached hydrogen (secondary N) is 1. The number of amides is 1. The highest BCUT2D eigenvalue weighted by Crippen LogP contribution is 2.30. The number of carbonyl (C=O) groups is 1. The molecule has 0 bridgehead atoms. The minimum atomic E-state index is -3.26. The van der Waals surface area contributed by atoms with Gasteiger partial charge in [0.05, 0.1) is 40.6 Å². The molecular formula is C41H53FN6O5S. The monoisotopic (exact) mass is 760 g/mol. The van der Waals surface area contributed by atoms with Crippen molar-refractivity contribution in [1.29, 1.82) is 5.26 Å². The molecule has 13 heteroatoms. The van der Waals surface area contributed by atoms with Gasteiger partial charge in [-0.1, -0.05) is 25.5 Å². The standard InChI is InChI=1S/C41H53FN6O5S/c1-7-17-41(4,5)53-22-18-40(2,3)46-39(49)31-13-14-35-36(25-31)48(21-23-54(6,50)51)37(44-35)27-47-19-15-30(16-20-47)34-9-8-10-38(45-34)52-28-32-12-11-29(26-43)24-33(32)42/h8-14,24-25,30H,7,15-23,27-28H2,1-6H3,(H,46,49). The molecule has 0 unspecified atom stereocenters. The van der Waals surface area contributed by atoms with E-state index in [4.69, 9.17) is 24.7 Å². The summed E-state index contributed by atoms with van der Waals surface area (Å²) in [7, 11) is -3.26. The molecule has 2 aromatic heterocycles. The number of fused-ring (bicyclic) bond motifs is 1. The summed E-state index contributed by atoms with van der Waals surface area (Å²) in [4.78, 5) is 25.4. The van der Waals surface area contributed by atoms with Crippen molar-refractivity contribution in [2.24, 2.45) is 0 Å². The Hall–Kier alpha value is -4.38. The van der Waals surface area contributed by atoms with E-state index < -0.39 is 21.2 Å². The molecule has 290 valence electrons. The Balaban J connectivity index is 1.24. The molecule has 0 atom stereocenters. The maximum absolute atomic E-state index is 14.4. The van der Waals surface area contributed by atoms with Crippen molar-refractivity contribution in [3.63, 3.8) is 0 Å². The average Bonchev–Trinajstić information content (AvgIpc) is 3.45. The number of hydrogen-bond donors (Lipinski definition) is 1.